The zero-order valence-electron chi connectivity index (χ0n) is 10.4. The van der Waals surface area contributed by atoms with E-state index >= 15 is 0 Å². The fraction of sp³-hybridized carbons (Fsp3) is 0.500. The van der Waals surface area contributed by atoms with Crippen molar-refractivity contribution in [1.29, 1.82) is 0 Å². The molecule has 2 rings (SSSR count). The molecule has 0 bridgehead atoms. The second-order valence-electron chi connectivity index (χ2n) is 4.87. The molecular formula is C12H13F4NO2S. The smallest absolute Gasteiger partial charge is 0.283 e. The number of sulfonamides is 1. The lowest BCUT2D eigenvalue weighted by Crippen LogP contribution is -2.27. The predicted molar refractivity (Wildman–Crippen MR) is 66.2 cm³/mol. The van der Waals surface area contributed by atoms with Crippen molar-refractivity contribution in [2.75, 3.05) is 10.5 Å². The van der Waals surface area contributed by atoms with E-state index in [1.165, 1.54) is 0 Å². The standard InChI is InChI=1S/C12H13F4NO2S/c13-9-4-5-11(10(6-9)12(14,15)16)17-20(18,19)7-8-2-1-3-8/h4-6,8,17H,1-3,7H2. The molecule has 3 nitrogen and oxygen atoms in total. The Labute approximate surface area is 114 Å². The number of anilines is 1. The summed E-state index contributed by atoms with van der Waals surface area (Å²) in [5.74, 6) is -1.29. The molecule has 8 heteroatoms. The van der Waals surface area contributed by atoms with Gasteiger partial charge < -0.3 is 0 Å². The van der Waals surface area contributed by atoms with Gasteiger partial charge in [0, 0.05) is 0 Å². The molecule has 0 atom stereocenters. The molecule has 1 aliphatic rings. The summed E-state index contributed by atoms with van der Waals surface area (Å²) in [6.45, 7) is 0. The monoisotopic (exact) mass is 311 g/mol. The van der Waals surface area contributed by atoms with Gasteiger partial charge in [0.2, 0.25) is 10.0 Å². The van der Waals surface area contributed by atoms with Crippen LogP contribution in [-0.2, 0) is 16.2 Å². The molecule has 1 aliphatic carbocycles. The molecule has 1 aromatic carbocycles. The number of rotatable bonds is 4. The molecule has 0 radical (unpaired) electrons. The SMILES string of the molecule is O=S(=O)(CC1CCC1)Nc1ccc(F)cc1C(F)(F)F. The third-order valence-corrected chi connectivity index (χ3v) is 4.67. The van der Waals surface area contributed by atoms with Crippen LogP contribution >= 0.6 is 0 Å². The molecule has 0 amide bonds. The largest absolute Gasteiger partial charge is 0.418 e. The molecule has 1 fully saturated rings. The van der Waals surface area contributed by atoms with Crippen LogP contribution in [0, 0.1) is 11.7 Å². The Morgan fingerprint density at radius 3 is 2.40 bits per heavy atom. The van der Waals surface area contributed by atoms with Crippen molar-refractivity contribution in [2.45, 2.75) is 25.4 Å². The molecule has 0 unspecified atom stereocenters. The van der Waals surface area contributed by atoms with Crippen LogP contribution in [0.15, 0.2) is 18.2 Å². The van der Waals surface area contributed by atoms with Crippen LogP contribution in [0.2, 0.25) is 0 Å². The summed E-state index contributed by atoms with van der Waals surface area (Å²) < 4.78 is 76.6. The summed E-state index contributed by atoms with van der Waals surface area (Å²) in [5, 5.41) is 0. The van der Waals surface area contributed by atoms with E-state index < -0.39 is 33.3 Å². The zero-order chi connectivity index (χ0) is 15.0. The van der Waals surface area contributed by atoms with E-state index in [1.807, 2.05) is 4.72 Å². The normalized spacial score (nSPS) is 16.8. The minimum absolute atomic E-state index is 0.0118. The summed E-state index contributed by atoms with van der Waals surface area (Å²) in [6, 6.07) is 1.86. The maximum Gasteiger partial charge on any atom is 0.418 e. The van der Waals surface area contributed by atoms with Gasteiger partial charge in [-0.05, 0) is 37.0 Å². The van der Waals surface area contributed by atoms with Crippen LogP contribution < -0.4 is 4.72 Å². The van der Waals surface area contributed by atoms with Gasteiger partial charge in [0.25, 0.3) is 0 Å². The molecule has 1 N–H and O–H groups in total. The van der Waals surface area contributed by atoms with Crippen LogP contribution in [0.4, 0.5) is 23.2 Å². The first kappa shape index (κ1) is 15.1. The van der Waals surface area contributed by atoms with Crippen molar-refractivity contribution in [2.24, 2.45) is 5.92 Å². The van der Waals surface area contributed by atoms with Crippen LogP contribution in [0.25, 0.3) is 0 Å². The van der Waals surface area contributed by atoms with E-state index in [1.54, 1.807) is 0 Å². The minimum Gasteiger partial charge on any atom is -0.283 e. The van der Waals surface area contributed by atoms with Crippen LogP contribution in [0.1, 0.15) is 24.8 Å². The zero-order valence-corrected chi connectivity index (χ0v) is 11.2. The number of alkyl halides is 3. The summed E-state index contributed by atoms with van der Waals surface area (Å²) in [7, 11) is -3.86. The summed E-state index contributed by atoms with van der Waals surface area (Å²) in [5.41, 5.74) is -1.96. The van der Waals surface area contributed by atoms with E-state index in [9.17, 15) is 26.0 Å². The van der Waals surface area contributed by atoms with E-state index in [0.717, 1.165) is 31.4 Å². The average Bonchev–Trinajstić information content (AvgIpc) is 2.25. The van der Waals surface area contributed by atoms with Gasteiger partial charge in [-0.2, -0.15) is 13.2 Å². The van der Waals surface area contributed by atoms with Gasteiger partial charge in [-0.25, -0.2) is 12.8 Å². The van der Waals surface area contributed by atoms with E-state index in [0.29, 0.717) is 0 Å². The Kier molecular flexibility index (Phi) is 3.95. The molecule has 112 valence electrons. The van der Waals surface area contributed by atoms with Gasteiger partial charge in [-0.3, -0.25) is 4.72 Å². The van der Waals surface area contributed by atoms with Crippen LogP contribution in [0.5, 0.6) is 0 Å². The van der Waals surface area contributed by atoms with Gasteiger partial charge in [-0.15, -0.1) is 0 Å². The van der Waals surface area contributed by atoms with Gasteiger partial charge in [0.15, 0.2) is 0 Å². The molecule has 1 saturated carbocycles. The number of hydrogen-bond acceptors (Lipinski definition) is 2. The molecule has 0 heterocycles. The number of hydrogen-bond donors (Lipinski definition) is 1. The highest BCUT2D eigenvalue weighted by Gasteiger charge is 2.35. The fourth-order valence-electron chi connectivity index (χ4n) is 2.02. The second-order valence-corrected chi connectivity index (χ2v) is 6.64. The Bertz CT molecular complexity index is 594. The summed E-state index contributed by atoms with van der Waals surface area (Å²) >= 11 is 0. The van der Waals surface area contributed by atoms with Crippen molar-refractivity contribution in [3.8, 4) is 0 Å². The first-order valence-corrected chi connectivity index (χ1v) is 7.70. The third kappa shape index (κ3) is 3.62. The summed E-state index contributed by atoms with van der Waals surface area (Å²) in [4.78, 5) is 0. The van der Waals surface area contributed by atoms with Crippen molar-refractivity contribution in [1.82, 2.24) is 0 Å². The van der Waals surface area contributed by atoms with E-state index in [-0.39, 0.29) is 17.7 Å². The number of nitrogens with one attached hydrogen (secondary N) is 1. The predicted octanol–water partition coefficient (Wildman–Crippen LogP) is 3.39. The molecular weight excluding hydrogens is 298 g/mol. The number of halogens is 4. The lowest BCUT2D eigenvalue weighted by atomic mass is 9.87. The molecule has 0 aliphatic heterocycles. The Balaban J connectivity index is 2.24. The molecule has 0 spiro atoms. The second kappa shape index (κ2) is 5.23. The lowest BCUT2D eigenvalue weighted by molar-refractivity contribution is -0.137. The third-order valence-electron chi connectivity index (χ3n) is 3.23. The van der Waals surface area contributed by atoms with Gasteiger partial charge >= 0.3 is 6.18 Å². The maximum absolute atomic E-state index is 12.9. The van der Waals surface area contributed by atoms with Gasteiger partial charge in [0.05, 0.1) is 17.0 Å². The van der Waals surface area contributed by atoms with Crippen LogP contribution in [0.3, 0.4) is 0 Å². The van der Waals surface area contributed by atoms with Crippen molar-refractivity contribution in [3.05, 3.63) is 29.6 Å². The minimum atomic E-state index is -4.82. The highest BCUT2D eigenvalue weighted by molar-refractivity contribution is 7.92. The van der Waals surface area contributed by atoms with Gasteiger partial charge in [0.1, 0.15) is 5.82 Å². The maximum atomic E-state index is 12.9. The van der Waals surface area contributed by atoms with Crippen LogP contribution in [-0.4, -0.2) is 14.2 Å². The average molecular weight is 311 g/mol. The van der Waals surface area contributed by atoms with Crippen molar-refractivity contribution < 1.29 is 26.0 Å². The molecule has 1 aromatic rings. The van der Waals surface area contributed by atoms with Gasteiger partial charge in [-0.1, -0.05) is 6.42 Å². The van der Waals surface area contributed by atoms with Crippen molar-refractivity contribution >= 4 is 15.7 Å². The summed E-state index contributed by atoms with van der Waals surface area (Å²) in [6.07, 6.45) is -2.37. The Morgan fingerprint density at radius 2 is 1.90 bits per heavy atom. The first-order valence-electron chi connectivity index (χ1n) is 6.04. The topological polar surface area (TPSA) is 46.2 Å². The number of benzene rings is 1. The Hall–Kier alpha value is -1.31. The fourth-order valence-corrected chi connectivity index (χ4v) is 3.57. The molecule has 20 heavy (non-hydrogen) atoms. The Morgan fingerprint density at radius 1 is 1.25 bits per heavy atom. The highest BCUT2D eigenvalue weighted by Crippen LogP contribution is 2.36. The molecule has 0 aromatic heterocycles. The van der Waals surface area contributed by atoms with E-state index in [2.05, 4.69) is 0 Å². The quantitative estimate of drug-likeness (QED) is 0.866. The molecule has 0 saturated heterocycles. The highest BCUT2D eigenvalue weighted by atomic mass is 32.2. The van der Waals surface area contributed by atoms with Crippen molar-refractivity contribution in [3.63, 3.8) is 0 Å². The first-order chi connectivity index (χ1) is 9.17. The van der Waals surface area contributed by atoms with E-state index in [4.69, 9.17) is 0 Å². The lowest BCUT2D eigenvalue weighted by Gasteiger charge is -2.25.